The van der Waals surface area contributed by atoms with Crippen LogP contribution in [-0.2, 0) is 17.6 Å². The predicted molar refractivity (Wildman–Crippen MR) is 139 cm³/mol. The maximum Gasteiger partial charge on any atom is 0.335 e. The summed E-state index contributed by atoms with van der Waals surface area (Å²) in [6.45, 7) is 2.83. The SMILES string of the molecule is C[C@@H](CCCCCc1ccccc1)[C@H](O)CCC1CCC(=O)N1CCCc1cccc(C(=O)O)c1. The topological polar surface area (TPSA) is 77.8 Å². The lowest BCUT2D eigenvalue weighted by molar-refractivity contribution is -0.129. The van der Waals surface area contributed by atoms with Gasteiger partial charge in [0.1, 0.15) is 0 Å². The van der Waals surface area contributed by atoms with Crippen molar-refractivity contribution >= 4 is 11.9 Å². The molecule has 2 N–H and O–H groups in total. The number of carboxylic acids is 1. The number of aliphatic hydroxyl groups excluding tert-OH is 1. The summed E-state index contributed by atoms with van der Waals surface area (Å²) in [6, 6.07) is 17.8. The fourth-order valence-corrected chi connectivity index (χ4v) is 5.17. The zero-order valence-electron chi connectivity index (χ0n) is 21.1. The van der Waals surface area contributed by atoms with Crippen molar-refractivity contribution in [3.05, 3.63) is 71.3 Å². The highest BCUT2D eigenvalue weighted by molar-refractivity contribution is 5.87. The molecule has 0 spiro atoms. The maximum atomic E-state index is 12.4. The number of aliphatic hydroxyl groups is 1. The molecule has 35 heavy (non-hydrogen) atoms. The van der Waals surface area contributed by atoms with E-state index in [9.17, 15) is 14.7 Å². The van der Waals surface area contributed by atoms with Gasteiger partial charge in [-0.3, -0.25) is 4.79 Å². The summed E-state index contributed by atoms with van der Waals surface area (Å²) in [5.74, 6) is -0.435. The van der Waals surface area contributed by atoms with Crippen molar-refractivity contribution in [2.24, 2.45) is 5.92 Å². The Bertz CT molecular complexity index is 929. The molecule has 3 rings (SSSR count). The van der Waals surface area contributed by atoms with Crippen LogP contribution in [0.3, 0.4) is 0 Å². The Kier molecular flexibility index (Phi) is 10.8. The van der Waals surface area contributed by atoms with Crippen molar-refractivity contribution in [3.8, 4) is 0 Å². The molecule has 1 heterocycles. The summed E-state index contributed by atoms with van der Waals surface area (Å²) in [4.78, 5) is 25.6. The summed E-state index contributed by atoms with van der Waals surface area (Å²) in [7, 11) is 0. The second-order valence-electron chi connectivity index (χ2n) is 10.1. The van der Waals surface area contributed by atoms with Crippen LogP contribution in [0.1, 0.15) is 86.2 Å². The third-order valence-electron chi connectivity index (χ3n) is 7.41. The molecule has 1 aliphatic heterocycles. The molecule has 1 fully saturated rings. The number of carbonyl (C=O) groups is 2. The quantitative estimate of drug-likeness (QED) is 0.312. The van der Waals surface area contributed by atoms with Crippen molar-refractivity contribution in [1.29, 1.82) is 0 Å². The molecular formula is C30H41NO4. The standard InChI is InChI=1S/C30H41NO4/c1-23(10-4-2-5-11-24-12-6-3-7-13-24)28(32)19-17-27-18-20-29(33)31(27)21-9-15-25-14-8-16-26(22-25)30(34)35/h3,6-8,12-14,16,22-23,27-28,32H,2,4-5,9-11,15,17-21H2,1H3,(H,34,35)/t23-,27?,28+/m0/s1. The van der Waals surface area contributed by atoms with Crippen LogP contribution in [0.15, 0.2) is 54.6 Å². The molecule has 1 aliphatic rings. The largest absolute Gasteiger partial charge is 0.478 e. The number of carboxylic acid groups (broad SMARTS) is 1. The molecule has 0 saturated carbocycles. The molecule has 0 bridgehead atoms. The molecular weight excluding hydrogens is 438 g/mol. The van der Waals surface area contributed by atoms with Crippen LogP contribution < -0.4 is 0 Å². The second kappa shape index (κ2) is 14.0. The van der Waals surface area contributed by atoms with Crippen molar-refractivity contribution in [3.63, 3.8) is 0 Å². The Balaban J connectivity index is 1.34. The van der Waals surface area contributed by atoms with Gasteiger partial charge in [0.2, 0.25) is 5.91 Å². The number of rotatable bonds is 15. The highest BCUT2D eigenvalue weighted by Gasteiger charge is 2.31. The first kappa shape index (κ1) is 26.9. The predicted octanol–water partition coefficient (Wildman–Crippen LogP) is 5.89. The zero-order valence-corrected chi connectivity index (χ0v) is 21.1. The first-order valence-electron chi connectivity index (χ1n) is 13.3. The van der Waals surface area contributed by atoms with E-state index in [0.29, 0.717) is 18.5 Å². The van der Waals surface area contributed by atoms with Gasteiger partial charge in [0.05, 0.1) is 11.7 Å². The van der Waals surface area contributed by atoms with Crippen LogP contribution in [0.4, 0.5) is 0 Å². The lowest BCUT2D eigenvalue weighted by Gasteiger charge is -2.27. The fourth-order valence-electron chi connectivity index (χ4n) is 5.17. The van der Waals surface area contributed by atoms with Crippen LogP contribution in [0.2, 0.25) is 0 Å². The van der Waals surface area contributed by atoms with Crippen molar-refractivity contribution in [2.75, 3.05) is 6.54 Å². The number of aromatic carboxylic acids is 1. The number of likely N-dealkylation sites (tertiary alicyclic amines) is 1. The molecule has 0 radical (unpaired) electrons. The van der Waals surface area contributed by atoms with E-state index in [1.807, 2.05) is 11.0 Å². The molecule has 1 amide bonds. The van der Waals surface area contributed by atoms with E-state index >= 15 is 0 Å². The molecule has 2 aromatic rings. The zero-order chi connectivity index (χ0) is 25.0. The number of hydrogen-bond donors (Lipinski definition) is 2. The number of benzene rings is 2. The number of nitrogens with zero attached hydrogens (tertiary/aromatic N) is 1. The second-order valence-corrected chi connectivity index (χ2v) is 10.1. The Morgan fingerprint density at radius 2 is 1.71 bits per heavy atom. The minimum Gasteiger partial charge on any atom is -0.478 e. The van der Waals surface area contributed by atoms with Gasteiger partial charge in [0, 0.05) is 19.0 Å². The molecule has 5 heteroatoms. The average Bonchev–Trinajstić information content (AvgIpc) is 3.22. The first-order valence-corrected chi connectivity index (χ1v) is 13.3. The van der Waals surface area contributed by atoms with E-state index < -0.39 is 5.97 Å². The van der Waals surface area contributed by atoms with Gasteiger partial charge in [-0.25, -0.2) is 4.79 Å². The molecule has 3 atom stereocenters. The Morgan fingerprint density at radius 1 is 0.971 bits per heavy atom. The van der Waals surface area contributed by atoms with Crippen molar-refractivity contribution in [1.82, 2.24) is 4.90 Å². The van der Waals surface area contributed by atoms with Crippen LogP contribution in [0.25, 0.3) is 0 Å². The molecule has 1 saturated heterocycles. The monoisotopic (exact) mass is 479 g/mol. The number of carbonyl (C=O) groups excluding carboxylic acids is 1. The van der Waals surface area contributed by atoms with E-state index in [4.69, 9.17) is 5.11 Å². The fraction of sp³-hybridized carbons (Fsp3) is 0.533. The van der Waals surface area contributed by atoms with Gasteiger partial charge in [0.25, 0.3) is 0 Å². The van der Waals surface area contributed by atoms with Gasteiger partial charge in [-0.2, -0.15) is 0 Å². The summed E-state index contributed by atoms with van der Waals surface area (Å²) >= 11 is 0. The van der Waals surface area contributed by atoms with Crippen LogP contribution in [0, 0.1) is 5.92 Å². The van der Waals surface area contributed by atoms with Crippen molar-refractivity contribution < 1.29 is 19.8 Å². The van der Waals surface area contributed by atoms with E-state index in [0.717, 1.165) is 56.9 Å². The molecule has 1 unspecified atom stereocenters. The molecule has 0 aromatic heterocycles. The lowest BCUT2D eigenvalue weighted by atomic mass is 9.92. The summed E-state index contributed by atoms with van der Waals surface area (Å²) in [5, 5.41) is 19.9. The summed E-state index contributed by atoms with van der Waals surface area (Å²) in [5.41, 5.74) is 2.68. The number of hydrogen-bond acceptors (Lipinski definition) is 3. The van der Waals surface area contributed by atoms with Gasteiger partial charge < -0.3 is 15.1 Å². The van der Waals surface area contributed by atoms with Gasteiger partial charge in [-0.05, 0) is 80.5 Å². The minimum absolute atomic E-state index is 0.204. The average molecular weight is 480 g/mol. The van der Waals surface area contributed by atoms with Crippen molar-refractivity contribution in [2.45, 2.75) is 89.7 Å². The van der Waals surface area contributed by atoms with E-state index in [2.05, 4.69) is 37.3 Å². The minimum atomic E-state index is -0.915. The number of unbranched alkanes of at least 4 members (excludes halogenated alkanes) is 2. The third-order valence-corrected chi connectivity index (χ3v) is 7.41. The Labute approximate surface area is 210 Å². The van der Waals surface area contributed by atoms with Gasteiger partial charge >= 0.3 is 5.97 Å². The van der Waals surface area contributed by atoms with E-state index in [1.165, 1.54) is 18.4 Å². The summed E-state index contributed by atoms with van der Waals surface area (Å²) in [6.07, 6.45) is 9.96. The van der Waals surface area contributed by atoms with E-state index in [-0.39, 0.29) is 24.0 Å². The number of aryl methyl sites for hydroxylation is 2. The smallest absolute Gasteiger partial charge is 0.335 e. The van der Waals surface area contributed by atoms with Gasteiger partial charge in [-0.15, -0.1) is 0 Å². The highest BCUT2D eigenvalue weighted by Crippen LogP contribution is 2.26. The normalized spacial score (nSPS) is 17.5. The number of amides is 1. The molecule has 190 valence electrons. The van der Waals surface area contributed by atoms with Crippen LogP contribution >= 0.6 is 0 Å². The summed E-state index contributed by atoms with van der Waals surface area (Å²) < 4.78 is 0. The van der Waals surface area contributed by atoms with Gasteiger partial charge in [0.15, 0.2) is 0 Å². The maximum absolute atomic E-state index is 12.4. The van der Waals surface area contributed by atoms with Crippen LogP contribution in [-0.4, -0.2) is 45.7 Å². The lowest BCUT2D eigenvalue weighted by Crippen LogP contribution is -2.35. The van der Waals surface area contributed by atoms with Crippen LogP contribution in [0.5, 0.6) is 0 Å². The Hall–Kier alpha value is -2.66. The molecule has 0 aliphatic carbocycles. The molecule has 5 nitrogen and oxygen atoms in total. The highest BCUT2D eigenvalue weighted by atomic mass is 16.4. The first-order chi connectivity index (χ1) is 16.9. The third kappa shape index (κ3) is 8.81. The van der Waals surface area contributed by atoms with Gasteiger partial charge in [-0.1, -0.05) is 62.2 Å². The Morgan fingerprint density at radius 3 is 2.49 bits per heavy atom. The van der Waals surface area contributed by atoms with E-state index in [1.54, 1.807) is 18.2 Å². The molecule has 2 aromatic carbocycles.